The number of hydrogen-bond acceptors (Lipinski definition) is 2. The van der Waals surface area contributed by atoms with Crippen LogP contribution < -0.4 is 5.32 Å². The quantitative estimate of drug-likeness (QED) is 0.844. The van der Waals surface area contributed by atoms with E-state index in [0.717, 1.165) is 24.0 Å². The minimum absolute atomic E-state index is 0.303. The fraction of sp³-hybridized carbons (Fsp3) is 0.250. The molecule has 0 amide bonds. The molecule has 2 N–H and O–H groups in total. The highest BCUT2D eigenvalue weighted by atomic mass is 79.9. The summed E-state index contributed by atoms with van der Waals surface area (Å²) in [6.07, 6.45) is 0.998. The lowest BCUT2D eigenvalue weighted by Crippen LogP contribution is -2.20. The molecule has 1 heterocycles. The second kappa shape index (κ2) is 5.35. The Morgan fingerprint density at radius 1 is 1.16 bits per heavy atom. The van der Waals surface area contributed by atoms with Gasteiger partial charge in [-0.2, -0.15) is 0 Å². The Bertz CT molecular complexity index is 583. The van der Waals surface area contributed by atoms with Crippen molar-refractivity contribution in [3.05, 3.63) is 63.6 Å². The Hall–Kier alpha value is -1.32. The van der Waals surface area contributed by atoms with Crippen molar-refractivity contribution in [3.8, 4) is 5.75 Å². The first kappa shape index (κ1) is 12.7. The van der Waals surface area contributed by atoms with E-state index in [2.05, 4.69) is 45.5 Å². The third-order valence-electron chi connectivity index (χ3n) is 3.71. The van der Waals surface area contributed by atoms with Gasteiger partial charge in [0.05, 0.1) is 4.47 Å². The molecule has 1 aliphatic rings. The molecular weight excluding hydrogens is 302 g/mol. The number of aromatic hydroxyl groups is 1. The van der Waals surface area contributed by atoms with Gasteiger partial charge in [0.1, 0.15) is 5.75 Å². The number of nitrogens with one attached hydrogen (secondary N) is 1. The van der Waals surface area contributed by atoms with Crippen LogP contribution in [0.2, 0.25) is 0 Å². The van der Waals surface area contributed by atoms with Crippen molar-refractivity contribution in [1.82, 2.24) is 5.32 Å². The number of benzene rings is 2. The van der Waals surface area contributed by atoms with Crippen LogP contribution in [-0.2, 0) is 6.42 Å². The smallest absolute Gasteiger partial charge is 0.130 e. The van der Waals surface area contributed by atoms with Crippen LogP contribution in [0.3, 0.4) is 0 Å². The topological polar surface area (TPSA) is 32.3 Å². The zero-order chi connectivity index (χ0) is 13.2. The van der Waals surface area contributed by atoms with E-state index in [1.807, 2.05) is 18.2 Å². The van der Waals surface area contributed by atoms with E-state index in [1.165, 1.54) is 16.7 Å². The van der Waals surface area contributed by atoms with Gasteiger partial charge in [-0.1, -0.05) is 30.3 Å². The fourth-order valence-electron chi connectivity index (χ4n) is 2.72. The zero-order valence-corrected chi connectivity index (χ0v) is 12.2. The van der Waals surface area contributed by atoms with Gasteiger partial charge in [-0.05, 0) is 57.7 Å². The molecule has 2 nitrogen and oxygen atoms in total. The van der Waals surface area contributed by atoms with Crippen LogP contribution in [0.5, 0.6) is 5.75 Å². The Kier molecular flexibility index (Phi) is 3.58. The first-order valence-corrected chi connectivity index (χ1v) is 7.32. The van der Waals surface area contributed by atoms with E-state index >= 15 is 0 Å². The lowest BCUT2D eigenvalue weighted by atomic mass is 9.88. The third kappa shape index (κ3) is 2.53. The number of hydrogen-bond donors (Lipinski definition) is 2. The zero-order valence-electron chi connectivity index (χ0n) is 10.6. The molecule has 1 unspecified atom stereocenters. The van der Waals surface area contributed by atoms with E-state index in [9.17, 15) is 5.11 Å². The Morgan fingerprint density at radius 3 is 2.74 bits per heavy atom. The molecule has 0 bridgehead atoms. The summed E-state index contributed by atoms with van der Waals surface area (Å²) in [5.74, 6) is 0.624. The van der Waals surface area contributed by atoms with Gasteiger partial charge in [0.2, 0.25) is 0 Å². The maximum absolute atomic E-state index is 9.96. The Labute approximate surface area is 121 Å². The van der Waals surface area contributed by atoms with Crippen LogP contribution in [0, 0.1) is 0 Å². The number of rotatable bonds is 1. The van der Waals surface area contributed by atoms with E-state index in [0.29, 0.717) is 11.7 Å². The summed E-state index contributed by atoms with van der Waals surface area (Å²) in [7, 11) is 0. The van der Waals surface area contributed by atoms with E-state index in [-0.39, 0.29) is 0 Å². The minimum Gasteiger partial charge on any atom is -0.507 e. The lowest BCUT2D eigenvalue weighted by Gasteiger charge is -2.19. The molecule has 1 aliphatic heterocycles. The summed E-state index contributed by atoms with van der Waals surface area (Å²) in [5, 5.41) is 13.4. The summed E-state index contributed by atoms with van der Waals surface area (Å²) >= 11 is 3.41. The molecule has 3 rings (SSSR count). The van der Waals surface area contributed by atoms with Gasteiger partial charge in [0, 0.05) is 12.5 Å². The molecule has 2 aromatic rings. The van der Waals surface area contributed by atoms with Gasteiger partial charge < -0.3 is 10.4 Å². The van der Waals surface area contributed by atoms with Crippen LogP contribution >= 0.6 is 15.9 Å². The molecule has 1 atom stereocenters. The standard InChI is InChI=1S/C16H16BrNO/c17-15-8-12-6-7-18-10-14(13(12)9-16(15)19)11-4-2-1-3-5-11/h1-5,8-9,14,18-19H,6-7,10H2. The fourth-order valence-corrected chi connectivity index (χ4v) is 3.11. The normalized spacial score (nSPS) is 18.7. The molecule has 0 aliphatic carbocycles. The average molecular weight is 318 g/mol. The van der Waals surface area contributed by atoms with Gasteiger partial charge in [-0.15, -0.1) is 0 Å². The van der Waals surface area contributed by atoms with Crippen LogP contribution in [0.4, 0.5) is 0 Å². The predicted octanol–water partition coefficient (Wildman–Crippen LogP) is 3.43. The van der Waals surface area contributed by atoms with Gasteiger partial charge in [0.15, 0.2) is 0 Å². The first-order valence-electron chi connectivity index (χ1n) is 6.52. The van der Waals surface area contributed by atoms with Crippen molar-refractivity contribution in [2.24, 2.45) is 0 Å². The highest BCUT2D eigenvalue weighted by molar-refractivity contribution is 9.10. The molecule has 19 heavy (non-hydrogen) atoms. The monoisotopic (exact) mass is 317 g/mol. The highest BCUT2D eigenvalue weighted by Crippen LogP contribution is 2.35. The van der Waals surface area contributed by atoms with Crippen molar-refractivity contribution in [2.75, 3.05) is 13.1 Å². The highest BCUT2D eigenvalue weighted by Gasteiger charge is 2.21. The molecule has 0 saturated carbocycles. The lowest BCUT2D eigenvalue weighted by molar-refractivity contribution is 0.470. The van der Waals surface area contributed by atoms with Gasteiger partial charge in [0.25, 0.3) is 0 Å². The molecule has 2 aromatic carbocycles. The van der Waals surface area contributed by atoms with E-state index in [4.69, 9.17) is 0 Å². The maximum Gasteiger partial charge on any atom is 0.130 e. The van der Waals surface area contributed by atoms with Crippen LogP contribution in [0.1, 0.15) is 22.6 Å². The molecule has 0 aromatic heterocycles. The molecule has 0 saturated heterocycles. The Morgan fingerprint density at radius 2 is 1.95 bits per heavy atom. The average Bonchev–Trinajstić information content (AvgIpc) is 2.63. The number of phenols is 1. The van der Waals surface area contributed by atoms with Crippen molar-refractivity contribution in [1.29, 1.82) is 0 Å². The molecule has 98 valence electrons. The SMILES string of the molecule is Oc1cc2c(cc1Br)CCNCC2c1ccccc1. The number of halogens is 1. The molecule has 0 radical (unpaired) electrons. The summed E-state index contributed by atoms with van der Waals surface area (Å²) in [5.41, 5.74) is 3.83. The number of fused-ring (bicyclic) bond motifs is 1. The van der Waals surface area contributed by atoms with E-state index < -0.39 is 0 Å². The van der Waals surface area contributed by atoms with Crippen LogP contribution in [-0.4, -0.2) is 18.2 Å². The third-order valence-corrected chi connectivity index (χ3v) is 4.34. The summed E-state index contributed by atoms with van der Waals surface area (Å²) < 4.78 is 0.778. The van der Waals surface area contributed by atoms with Crippen molar-refractivity contribution >= 4 is 15.9 Å². The molecule has 0 fully saturated rings. The van der Waals surface area contributed by atoms with Gasteiger partial charge >= 0.3 is 0 Å². The minimum atomic E-state index is 0.303. The molecular formula is C16H16BrNO. The van der Waals surface area contributed by atoms with Gasteiger partial charge in [-0.25, -0.2) is 0 Å². The molecule has 3 heteroatoms. The van der Waals surface area contributed by atoms with Crippen molar-refractivity contribution in [2.45, 2.75) is 12.3 Å². The van der Waals surface area contributed by atoms with Gasteiger partial charge in [-0.3, -0.25) is 0 Å². The molecule has 0 spiro atoms. The maximum atomic E-state index is 9.96. The van der Waals surface area contributed by atoms with E-state index in [1.54, 1.807) is 0 Å². The van der Waals surface area contributed by atoms with Crippen LogP contribution in [0.15, 0.2) is 46.9 Å². The largest absolute Gasteiger partial charge is 0.507 e. The summed E-state index contributed by atoms with van der Waals surface area (Å²) in [4.78, 5) is 0. The van der Waals surface area contributed by atoms with Crippen molar-refractivity contribution < 1.29 is 5.11 Å². The van der Waals surface area contributed by atoms with Crippen molar-refractivity contribution in [3.63, 3.8) is 0 Å². The van der Waals surface area contributed by atoms with Crippen LogP contribution in [0.25, 0.3) is 0 Å². The Balaban J connectivity index is 2.11. The predicted molar refractivity (Wildman–Crippen MR) is 80.7 cm³/mol. The summed E-state index contributed by atoms with van der Waals surface area (Å²) in [6.45, 7) is 1.89. The number of phenolic OH excluding ortho intramolecular Hbond substituents is 1. The summed E-state index contributed by atoms with van der Waals surface area (Å²) in [6, 6.07) is 14.4. The second-order valence-electron chi connectivity index (χ2n) is 4.92. The second-order valence-corrected chi connectivity index (χ2v) is 5.77. The first-order chi connectivity index (χ1) is 9.25.